The van der Waals surface area contributed by atoms with Crippen LogP contribution in [0.4, 0.5) is 5.69 Å². The maximum atomic E-state index is 12.9. The van der Waals surface area contributed by atoms with Crippen molar-refractivity contribution in [2.24, 2.45) is 0 Å². The molecule has 0 bridgehead atoms. The van der Waals surface area contributed by atoms with Gasteiger partial charge in [-0.1, -0.05) is 30.7 Å². The fourth-order valence-corrected chi connectivity index (χ4v) is 3.43. The van der Waals surface area contributed by atoms with Crippen molar-refractivity contribution < 1.29 is 4.79 Å². The summed E-state index contributed by atoms with van der Waals surface area (Å²) in [6, 6.07) is 11.8. The molecule has 3 rings (SSSR count). The van der Waals surface area contributed by atoms with Crippen molar-refractivity contribution in [3.63, 3.8) is 0 Å². The van der Waals surface area contributed by atoms with Crippen LogP contribution in [0.5, 0.6) is 0 Å². The van der Waals surface area contributed by atoms with E-state index in [0.29, 0.717) is 18.3 Å². The van der Waals surface area contributed by atoms with Crippen molar-refractivity contribution in [1.82, 2.24) is 9.88 Å². The minimum Gasteiger partial charge on any atom is -0.381 e. The first-order valence-electron chi connectivity index (χ1n) is 8.92. The highest BCUT2D eigenvalue weighted by atomic mass is 35.5. The van der Waals surface area contributed by atoms with Gasteiger partial charge in [-0.05, 0) is 55.5 Å². The van der Waals surface area contributed by atoms with Gasteiger partial charge in [-0.3, -0.25) is 9.78 Å². The molecule has 1 aromatic heterocycles. The molecule has 0 spiro atoms. The number of nitrogens with zero attached hydrogens (tertiary/aromatic N) is 2. The van der Waals surface area contributed by atoms with Gasteiger partial charge in [-0.25, -0.2) is 0 Å². The van der Waals surface area contributed by atoms with Crippen molar-refractivity contribution in [1.29, 1.82) is 0 Å². The number of benzene rings is 1. The second-order valence-corrected chi connectivity index (χ2v) is 6.90. The molecule has 1 saturated heterocycles. The second-order valence-electron chi connectivity index (χ2n) is 6.47. The molecule has 1 aliphatic heterocycles. The largest absolute Gasteiger partial charge is 0.381 e. The topological polar surface area (TPSA) is 45.2 Å². The summed E-state index contributed by atoms with van der Waals surface area (Å²) in [5.41, 5.74) is 2.55. The SMILES string of the molecule is CCC1CCCCN1C(=O)c1cc(NCc2ccc(Cl)cc2)ccn1. The number of amides is 1. The Morgan fingerprint density at radius 2 is 2.08 bits per heavy atom. The molecule has 0 aliphatic carbocycles. The van der Waals surface area contributed by atoms with Gasteiger partial charge in [-0.15, -0.1) is 0 Å². The summed E-state index contributed by atoms with van der Waals surface area (Å²) in [7, 11) is 0. The van der Waals surface area contributed by atoms with Gasteiger partial charge < -0.3 is 10.2 Å². The first-order valence-corrected chi connectivity index (χ1v) is 9.30. The molecule has 132 valence electrons. The van der Waals surface area contributed by atoms with Crippen LogP contribution in [-0.2, 0) is 6.54 Å². The van der Waals surface area contributed by atoms with Crippen molar-refractivity contribution >= 4 is 23.2 Å². The van der Waals surface area contributed by atoms with E-state index in [0.717, 1.165) is 42.1 Å². The van der Waals surface area contributed by atoms with Crippen LogP contribution in [0, 0.1) is 0 Å². The Morgan fingerprint density at radius 3 is 2.84 bits per heavy atom. The summed E-state index contributed by atoms with van der Waals surface area (Å²) in [5.74, 6) is 0.0432. The number of aromatic nitrogens is 1. The number of piperidine rings is 1. The highest BCUT2D eigenvalue weighted by molar-refractivity contribution is 6.30. The Hall–Kier alpha value is -2.07. The number of likely N-dealkylation sites (tertiary alicyclic amines) is 1. The van der Waals surface area contributed by atoms with Crippen LogP contribution in [0.1, 0.15) is 48.7 Å². The van der Waals surface area contributed by atoms with Gasteiger partial charge >= 0.3 is 0 Å². The van der Waals surface area contributed by atoms with Crippen molar-refractivity contribution in [2.75, 3.05) is 11.9 Å². The van der Waals surface area contributed by atoms with Crippen LogP contribution in [0.15, 0.2) is 42.6 Å². The molecule has 0 radical (unpaired) electrons. The van der Waals surface area contributed by atoms with Gasteiger partial charge in [0, 0.05) is 36.0 Å². The first-order chi connectivity index (χ1) is 12.2. The molecular formula is C20H24ClN3O. The van der Waals surface area contributed by atoms with Gasteiger partial charge in [0.05, 0.1) is 0 Å². The average Bonchev–Trinajstić information content (AvgIpc) is 2.67. The smallest absolute Gasteiger partial charge is 0.272 e. The zero-order valence-electron chi connectivity index (χ0n) is 14.5. The van der Waals surface area contributed by atoms with E-state index in [1.54, 1.807) is 6.20 Å². The van der Waals surface area contributed by atoms with Crippen molar-refractivity contribution in [2.45, 2.75) is 45.2 Å². The zero-order chi connectivity index (χ0) is 17.6. The predicted octanol–water partition coefficient (Wildman–Crippen LogP) is 4.75. The van der Waals surface area contributed by atoms with E-state index >= 15 is 0 Å². The maximum absolute atomic E-state index is 12.9. The molecule has 1 aromatic carbocycles. The van der Waals surface area contributed by atoms with E-state index in [-0.39, 0.29) is 5.91 Å². The molecule has 2 aromatic rings. The summed E-state index contributed by atoms with van der Waals surface area (Å²) in [4.78, 5) is 19.2. The van der Waals surface area contributed by atoms with Gasteiger partial charge in [0.15, 0.2) is 0 Å². The summed E-state index contributed by atoms with van der Waals surface area (Å²) < 4.78 is 0. The lowest BCUT2D eigenvalue weighted by atomic mass is 9.99. The number of carbonyl (C=O) groups is 1. The minimum absolute atomic E-state index is 0.0432. The summed E-state index contributed by atoms with van der Waals surface area (Å²) in [5, 5.41) is 4.08. The fraction of sp³-hybridized carbons (Fsp3) is 0.400. The fourth-order valence-electron chi connectivity index (χ4n) is 3.30. The van der Waals surface area contributed by atoms with E-state index in [2.05, 4.69) is 17.2 Å². The lowest BCUT2D eigenvalue weighted by molar-refractivity contribution is 0.0602. The second kappa shape index (κ2) is 8.34. The van der Waals surface area contributed by atoms with Crippen molar-refractivity contribution in [3.05, 3.63) is 58.9 Å². The number of hydrogen-bond donors (Lipinski definition) is 1. The quantitative estimate of drug-likeness (QED) is 0.839. The molecule has 2 heterocycles. The molecule has 0 saturated carbocycles. The predicted molar refractivity (Wildman–Crippen MR) is 102 cm³/mol. The van der Waals surface area contributed by atoms with Crippen LogP contribution >= 0.6 is 11.6 Å². The highest BCUT2D eigenvalue weighted by Gasteiger charge is 2.26. The first kappa shape index (κ1) is 17.7. The van der Waals surface area contributed by atoms with Crippen LogP contribution in [0.3, 0.4) is 0 Å². The van der Waals surface area contributed by atoms with Gasteiger partial charge in [-0.2, -0.15) is 0 Å². The molecule has 4 nitrogen and oxygen atoms in total. The lowest BCUT2D eigenvalue weighted by Crippen LogP contribution is -2.43. The molecule has 1 atom stereocenters. The lowest BCUT2D eigenvalue weighted by Gasteiger charge is -2.35. The standard InChI is InChI=1S/C20H24ClN3O/c1-2-18-5-3-4-12-24(18)20(25)19-13-17(10-11-22-19)23-14-15-6-8-16(21)9-7-15/h6-11,13,18H,2-5,12,14H2,1H3,(H,22,23). The summed E-state index contributed by atoms with van der Waals surface area (Å²) in [6.45, 7) is 3.66. The summed E-state index contributed by atoms with van der Waals surface area (Å²) >= 11 is 5.91. The normalized spacial score (nSPS) is 17.4. The van der Waals surface area contributed by atoms with Crippen LogP contribution in [-0.4, -0.2) is 28.4 Å². The zero-order valence-corrected chi connectivity index (χ0v) is 15.3. The van der Waals surface area contributed by atoms with Gasteiger partial charge in [0.25, 0.3) is 5.91 Å². The van der Waals surface area contributed by atoms with Crippen LogP contribution in [0.2, 0.25) is 5.02 Å². The van der Waals surface area contributed by atoms with E-state index in [1.807, 2.05) is 41.3 Å². The maximum Gasteiger partial charge on any atom is 0.272 e. The van der Waals surface area contributed by atoms with Gasteiger partial charge in [0.1, 0.15) is 5.69 Å². The van der Waals surface area contributed by atoms with Gasteiger partial charge in [0.2, 0.25) is 0 Å². The molecule has 1 N–H and O–H groups in total. The third kappa shape index (κ3) is 4.51. The van der Waals surface area contributed by atoms with E-state index < -0.39 is 0 Å². The van der Waals surface area contributed by atoms with Crippen LogP contribution < -0.4 is 5.32 Å². The third-order valence-electron chi connectivity index (χ3n) is 4.75. The number of pyridine rings is 1. The highest BCUT2D eigenvalue weighted by Crippen LogP contribution is 2.22. The Bertz CT molecular complexity index is 717. The Morgan fingerprint density at radius 1 is 1.28 bits per heavy atom. The monoisotopic (exact) mass is 357 g/mol. The molecule has 1 unspecified atom stereocenters. The Balaban J connectivity index is 1.68. The number of halogens is 1. The van der Waals surface area contributed by atoms with E-state index in [9.17, 15) is 4.79 Å². The Labute approximate surface area is 154 Å². The molecular weight excluding hydrogens is 334 g/mol. The number of rotatable bonds is 5. The van der Waals surface area contributed by atoms with E-state index in [4.69, 9.17) is 11.6 Å². The molecule has 1 amide bonds. The number of anilines is 1. The summed E-state index contributed by atoms with van der Waals surface area (Å²) in [6.07, 6.45) is 6.08. The molecule has 1 fully saturated rings. The third-order valence-corrected chi connectivity index (χ3v) is 5.00. The van der Waals surface area contributed by atoms with Crippen LogP contribution in [0.25, 0.3) is 0 Å². The molecule has 25 heavy (non-hydrogen) atoms. The molecule has 1 aliphatic rings. The number of hydrogen-bond acceptors (Lipinski definition) is 3. The average molecular weight is 358 g/mol. The van der Waals surface area contributed by atoms with Crippen molar-refractivity contribution in [3.8, 4) is 0 Å². The number of nitrogens with one attached hydrogen (secondary N) is 1. The minimum atomic E-state index is 0.0432. The van der Waals surface area contributed by atoms with E-state index in [1.165, 1.54) is 6.42 Å². The molecule has 5 heteroatoms. The number of carbonyl (C=O) groups excluding carboxylic acids is 1. The Kier molecular flexibility index (Phi) is 5.92.